The summed E-state index contributed by atoms with van der Waals surface area (Å²) >= 11 is 0. The van der Waals surface area contributed by atoms with Gasteiger partial charge in [-0.1, -0.05) is 0 Å². The quantitative estimate of drug-likeness (QED) is 0.748. The monoisotopic (exact) mass is 233 g/mol. The maximum Gasteiger partial charge on any atom is 0.339 e. The van der Waals surface area contributed by atoms with Crippen molar-refractivity contribution in [3.8, 4) is 0 Å². The molecule has 0 saturated carbocycles. The molecule has 2 aromatic rings. The topological polar surface area (TPSA) is 39.2 Å². The van der Waals surface area contributed by atoms with Crippen LogP contribution in [0.4, 0.5) is 4.39 Å². The average Bonchev–Trinajstić information content (AvgIpc) is 2.27. The van der Waals surface area contributed by atoms with E-state index in [1.807, 2.05) is 0 Å². The summed E-state index contributed by atoms with van der Waals surface area (Å²) in [5.74, 6) is -0.799. The van der Waals surface area contributed by atoms with Crippen molar-refractivity contribution in [1.29, 1.82) is 0 Å². The molecule has 3 nitrogen and oxygen atoms in total. The molecule has 17 heavy (non-hydrogen) atoms. The average molecular weight is 233 g/mol. The third-order valence-corrected chi connectivity index (χ3v) is 2.22. The molecule has 0 aliphatic rings. The van der Waals surface area contributed by atoms with Crippen LogP contribution in [0, 0.1) is 5.82 Å². The van der Waals surface area contributed by atoms with Gasteiger partial charge in [0.2, 0.25) is 0 Å². The van der Waals surface area contributed by atoms with E-state index < -0.39 is 5.97 Å². The van der Waals surface area contributed by atoms with Crippen molar-refractivity contribution in [2.24, 2.45) is 0 Å². The Morgan fingerprint density at radius 1 is 1.35 bits per heavy atom. The van der Waals surface area contributed by atoms with Gasteiger partial charge < -0.3 is 4.74 Å². The van der Waals surface area contributed by atoms with Crippen LogP contribution < -0.4 is 0 Å². The largest absolute Gasteiger partial charge is 0.459 e. The lowest BCUT2D eigenvalue weighted by Gasteiger charge is -2.07. The fourth-order valence-corrected chi connectivity index (χ4v) is 1.50. The number of carbonyl (C=O) groups excluding carboxylic acids is 1. The zero-order valence-electron chi connectivity index (χ0n) is 9.61. The van der Waals surface area contributed by atoms with E-state index in [4.69, 9.17) is 4.74 Å². The fraction of sp³-hybridized carbons (Fsp3) is 0.231. The number of aromatic nitrogens is 1. The van der Waals surface area contributed by atoms with Gasteiger partial charge in [0.25, 0.3) is 0 Å². The Bertz CT molecular complexity index is 566. The Morgan fingerprint density at radius 3 is 2.82 bits per heavy atom. The normalized spacial score (nSPS) is 10.8. The number of ether oxygens (including phenoxy) is 1. The highest BCUT2D eigenvalue weighted by Crippen LogP contribution is 2.15. The van der Waals surface area contributed by atoms with Gasteiger partial charge in [0, 0.05) is 11.6 Å². The van der Waals surface area contributed by atoms with Gasteiger partial charge in [-0.25, -0.2) is 9.18 Å². The van der Waals surface area contributed by atoms with Gasteiger partial charge in [0.1, 0.15) is 5.82 Å². The van der Waals surface area contributed by atoms with Crippen molar-refractivity contribution in [1.82, 2.24) is 4.98 Å². The van der Waals surface area contributed by atoms with E-state index in [0.717, 1.165) is 0 Å². The van der Waals surface area contributed by atoms with Gasteiger partial charge in [0.15, 0.2) is 0 Å². The van der Waals surface area contributed by atoms with Crippen LogP contribution in [0.2, 0.25) is 0 Å². The van der Waals surface area contributed by atoms with E-state index in [9.17, 15) is 9.18 Å². The molecule has 0 unspecified atom stereocenters. The molecule has 0 aliphatic heterocycles. The van der Waals surface area contributed by atoms with E-state index in [-0.39, 0.29) is 11.9 Å². The molecule has 88 valence electrons. The fourth-order valence-electron chi connectivity index (χ4n) is 1.50. The number of fused-ring (bicyclic) bond motifs is 1. The van der Waals surface area contributed by atoms with Gasteiger partial charge in [0.05, 0.1) is 17.2 Å². The number of hydrogen-bond acceptors (Lipinski definition) is 3. The summed E-state index contributed by atoms with van der Waals surface area (Å²) in [4.78, 5) is 15.7. The van der Waals surface area contributed by atoms with Crippen molar-refractivity contribution < 1.29 is 13.9 Å². The minimum Gasteiger partial charge on any atom is -0.459 e. The Hall–Kier alpha value is -1.97. The Balaban J connectivity index is 2.40. The van der Waals surface area contributed by atoms with Crippen LogP contribution in [0.5, 0.6) is 0 Å². The maximum atomic E-state index is 13.0. The highest BCUT2D eigenvalue weighted by molar-refractivity contribution is 5.93. The van der Waals surface area contributed by atoms with E-state index in [1.165, 1.54) is 18.3 Å². The summed E-state index contributed by atoms with van der Waals surface area (Å²) in [6, 6.07) is 5.83. The lowest BCUT2D eigenvalue weighted by molar-refractivity contribution is 0.0377. The molecule has 0 amide bonds. The van der Waals surface area contributed by atoms with Crippen molar-refractivity contribution >= 4 is 16.9 Å². The van der Waals surface area contributed by atoms with Crippen LogP contribution in [-0.2, 0) is 4.74 Å². The molecule has 0 aliphatic carbocycles. The Kier molecular flexibility index (Phi) is 3.04. The first kappa shape index (κ1) is 11.5. The number of benzene rings is 1. The van der Waals surface area contributed by atoms with E-state index >= 15 is 0 Å². The highest BCUT2D eigenvalue weighted by atomic mass is 19.1. The van der Waals surface area contributed by atoms with Gasteiger partial charge in [-0.05, 0) is 38.1 Å². The van der Waals surface area contributed by atoms with E-state index in [2.05, 4.69) is 4.98 Å². The molecule has 0 spiro atoms. The van der Waals surface area contributed by atoms with Crippen LogP contribution in [0.1, 0.15) is 24.2 Å². The van der Waals surface area contributed by atoms with Crippen LogP contribution in [-0.4, -0.2) is 17.1 Å². The molecule has 1 aromatic heterocycles. The first-order valence-corrected chi connectivity index (χ1v) is 5.32. The first-order valence-electron chi connectivity index (χ1n) is 5.32. The van der Waals surface area contributed by atoms with Gasteiger partial charge >= 0.3 is 5.97 Å². The maximum absolute atomic E-state index is 13.0. The van der Waals surface area contributed by atoms with E-state index in [1.54, 1.807) is 26.0 Å². The molecule has 0 bridgehead atoms. The second-order valence-corrected chi connectivity index (χ2v) is 4.02. The number of rotatable bonds is 2. The molecular formula is C13H12FNO2. The molecule has 2 rings (SSSR count). The minimum atomic E-state index is -0.446. The number of halogens is 1. The van der Waals surface area contributed by atoms with Gasteiger partial charge in [-0.3, -0.25) is 4.98 Å². The summed E-state index contributed by atoms with van der Waals surface area (Å²) in [7, 11) is 0. The third kappa shape index (κ3) is 2.58. The lowest BCUT2D eigenvalue weighted by atomic mass is 10.1. The van der Waals surface area contributed by atoms with E-state index in [0.29, 0.717) is 16.5 Å². The van der Waals surface area contributed by atoms with Crippen molar-refractivity contribution in [3.05, 3.63) is 41.8 Å². The summed E-state index contributed by atoms with van der Waals surface area (Å²) in [6.45, 7) is 3.54. The standard InChI is InChI=1S/C13H12FNO2/c1-8(2)17-13(16)10-5-9-6-11(14)3-4-12(9)15-7-10/h3-8H,1-2H3. The predicted octanol–water partition coefficient (Wildman–Crippen LogP) is 2.94. The zero-order chi connectivity index (χ0) is 12.4. The predicted molar refractivity (Wildman–Crippen MR) is 62.3 cm³/mol. The summed E-state index contributed by atoms with van der Waals surface area (Å²) < 4.78 is 18.1. The number of nitrogens with zero attached hydrogens (tertiary/aromatic N) is 1. The van der Waals surface area contributed by atoms with Crippen LogP contribution >= 0.6 is 0 Å². The van der Waals surface area contributed by atoms with Crippen LogP contribution in [0.3, 0.4) is 0 Å². The van der Waals surface area contributed by atoms with Crippen molar-refractivity contribution in [2.75, 3.05) is 0 Å². The smallest absolute Gasteiger partial charge is 0.339 e. The second-order valence-electron chi connectivity index (χ2n) is 4.02. The molecular weight excluding hydrogens is 221 g/mol. The van der Waals surface area contributed by atoms with Gasteiger partial charge in [-0.2, -0.15) is 0 Å². The SMILES string of the molecule is CC(C)OC(=O)c1cnc2ccc(F)cc2c1. The van der Waals surface area contributed by atoms with Gasteiger partial charge in [-0.15, -0.1) is 0 Å². The molecule has 1 heterocycles. The molecule has 1 aromatic carbocycles. The number of pyridine rings is 1. The second kappa shape index (κ2) is 4.49. The Morgan fingerprint density at radius 2 is 2.12 bits per heavy atom. The molecule has 0 atom stereocenters. The van der Waals surface area contributed by atoms with Crippen LogP contribution in [0.25, 0.3) is 10.9 Å². The number of hydrogen-bond donors (Lipinski definition) is 0. The summed E-state index contributed by atoms with van der Waals surface area (Å²) in [5, 5.41) is 0.586. The molecule has 0 radical (unpaired) electrons. The summed E-state index contributed by atoms with van der Waals surface area (Å²) in [6.07, 6.45) is 1.25. The van der Waals surface area contributed by atoms with Crippen LogP contribution in [0.15, 0.2) is 30.5 Å². The minimum absolute atomic E-state index is 0.189. The van der Waals surface area contributed by atoms with Crippen molar-refractivity contribution in [2.45, 2.75) is 20.0 Å². The molecule has 4 heteroatoms. The first-order chi connectivity index (χ1) is 8.06. The highest BCUT2D eigenvalue weighted by Gasteiger charge is 2.10. The Labute approximate surface area is 98.2 Å². The lowest BCUT2D eigenvalue weighted by Crippen LogP contribution is -2.11. The number of carbonyl (C=O) groups is 1. The molecule has 0 fully saturated rings. The third-order valence-electron chi connectivity index (χ3n) is 2.22. The molecule has 0 N–H and O–H groups in total. The zero-order valence-corrected chi connectivity index (χ0v) is 9.61. The number of esters is 1. The molecule has 0 saturated heterocycles. The summed E-state index contributed by atoms with van der Waals surface area (Å²) in [5.41, 5.74) is 0.976. The van der Waals surface area contributed by atoms with Crippen molar-refractivity contribution in [3.63, 3.8) is 0 Å².